The predicted molar refractivity (Wildman–Crippen MR) is 130 cm³/mol. The van der Waals surface area contributed by atoms with E-state index in [9.17, 15) is 4.79 Å². The van der Waals surface area contributed by atoms with Crippen LogP contribution >= 0.6 is 22.6 Å². The second kappa shape index (κ2) is 7.16. The van der Waals surface area contributed by atoms with Crippen LogP contribution in [0.15, 0.2) is 0 Å². The van der Waals surface area contributed by atoms with Gasteiger partial charge in [-0.1, -0.05) is 50.3 Å². The number of ether oxygens (including phenoxy) is 2. The first-order valence-corrected chi connectivity index (χ1v) is 14.4. The first kappa shape index (κ1) is 21.8. The highest BCUT2D eigenvalue weighted by molar-refractivity contribution is 14.1. The number of halogens is 1. The monoisotopic (exact) mass is 540 g/mol. The lowest BCUT2D eigenvalue weighted by atomic mass is 9.44. The summed E-state index contributed by atoms with van der Waals surface area (Å²) in [5.74, 6) is 4.11. The molecule has 0 aromatic heterocycles. The van der Waals surface area contributed by atoms with Crippen molar-refractivity contribution in [3.63, 3.8) is 0 Å². The third kappa shape index (κ3) is 2.85. The van der Waals surface area contributed by atoms with Crippen molar-refractivity contribution >= 4 is 28.4 Å². The van der Waals surface area contributed by atoms with E-state index in [0.717, 1.165) is 41.6 Å². The highest BCUT2D eigenvalue weighted by Crippen LogP contribution is 2.70. The summed E-state index contributed by atoms with van der Waals surface area (Å²) < 4.78 is 14.1. The number of alkyl halides is 1. The number of Topliss-reactive ketones (excluding diaryl/α,β-unsaturated/α-hetero) is 1. The zero-order valence-corrected chi connectivity index (χ0v) is 22.0. The molecule has 0 aromatic carbocycles. The van der Waals surface area contributed by atoms with Crippen molar-refractivity contribution < 1.29 is 14.3 Å². The van der Waals surface area contributed by atoms with E-state index in [-0.39, 0.29) is 11.5 Å². The highest BCUT2D eigenvalue weighted by atomic mass is 127. The third-order valence-electron chi connectivity index (χ3n) is 11.7. The lowest BCUT2D eigenvalue weighted by molar-refractivity contribution is -0.272. The molecule has 31 heavy (non-hydrogen) atoms. The minimum atomic E-state index is -0.421. The molecule has 4 saturated carbocycles. The number of carbonyl (C=O) groups excluding carboxylic acids is 1. The van der Waals surface area contributed by atoms with Gasteiger partial charge in [0.2, 0.25) is 0 Å². The molecule has 6 fully saturated rings. The van der Waals surface area contributed by atoms with E-state index < -0.39 is 5.79 Å². The van der Waals surface area contributed by atoms with Crippen molar-refractivity contribution in [1.82, 2.24) is 0 Å². The largest absolute Gasteiger partial charge is 0.349 e. The van der Waals surface area contributed by atoms with Crippen molar-refractivity contribution in [1.29, 1.82) is 0 Å². The van der Waals surface area contributed by atoms with Crippen LogP contribution in [0.2, 0.25) is 0 Å². The Kier molecular flexibility index (Phi) is 5.04. The van der Waals surface area contributed by atoms with Crippen LogP contribution in [-0.2, 0) is 14.3 Å². The van der Waals surface area contributed by atoms with Gasteiger partial charge in [0.05, 0.1) is 12.7 Å². The summed E-state index contributed by atoms with van der Waals surface area (Å²) in [6, 6.07) is 0. The minimum Gasteiger partial charge on any atom is -0.349 e. The third-order valence-corrected chi connectivity index (χ3v) is 12.9. The van der Waals surface area contributed by atoms with E-state index in [1.165, 1.54) is 38.5 Å². The van der Waals surface area contributed by atoms with E-state index in [4.69, 9.17) is 9.47 Å². The smallest absolute Gasteiger partial charge is 0.171 e. The topological polar surface area (TPSA) is 35.5 Å². The molecule has 174 valence electrons. The summed E-state index contributed by atoms with van der Waals surface area (Å²) in [4.78, 5) is 14.0. The Bertz CT molecular complexity index is 760. The van der Waals surface area contributed by atoms with E-state index in [2.05, 4.69) is 50.3 Å². The van der Waals surface area contributed by atoms with Gasteiger partial charge in [-0.25, -0.2) is 0 Å². The molecule has 2 saturated heterocycles. The molecule has 4 heteroatoms. The molecule has 3 nitrogen and oxygen atoms in total. The summed E-state index contributed by atoms with van der Waals surface area (Å²) >= 11 is 2.68. The summed E-state index contributed by atoms with van der Waals surface area (Å²) in [6.45, 7) is 10.3. The van der Waals surface area contributed by atoms with Crippen molar-refractivity contribution in [2.24, 2.45) is 52.3 Å². The Hall–Kier alpha value is 0.320. The first-order valence-electron chi connectivity index (χ1n) is 13.2. The molecule has 0 radical (unpaired) electrons. The van der Waals surface area contributed by atoms with Gasteiger partial charge < -0.3 is 9.47 Å². The quantitative estimate of drug-likeness (QED) is 0.263. The average molecular weight is 541 g/mol. The van der Waals surface area contributed by atoms with Crippen molar-refractivity contribution in [3.05, 3.63) is 0 Å². The van der Waals surface area contributed by atoms with Gasteiger partial charge in [0.1, 0.15) is 5.78 Å². The number of hydrogen-bond acceptors (Lipinski definition) is 3. The van der Waals surface area contributed by atoms with Gasteiger partial charge in [-0.3, -0.25) is 4.79 Å². The van der Waals surface area contributed by atoms with Crippen LogP contribution in [0.4, 0.5) is 0 Å². The second-order valence-electron chi connectivity index (χ2n) is 12.9. The van der Waals surface area contributed by atoms with Gasteiger partial charge in [0.25, 0.3) is 0 Å². The van der Waals surface area contributed by atoms with E-state index in [0.29, 0.717) is 40.8 Å². The lowest BCUT2D eigenvalue weighted by Gasteiger charge is -2.60. The lowest BCUT2D eigenvalue weighted by Crippen LogP contribution is -2.58. The summed E-state index contributed by atoms with van der Waals surface area (Å²) in [5.41, 5.74) is 0.181. The van der Waals surface area contributed by atoms with Crippen LogP contribution in [-0.4, -0.2) is 28.2 Å². The molecular formula is C27H41IO3. The van der Waals surface area contributed by atoms with Crippen LogP contribution in [0.5, 0.6) is 0 Å². The second-order valence-corrected chi connectivity index (χ2v) is 14.7. The molecule has 12 atom stereocenters. The van der Waals surface area contributed by atoms with Crippen LogP contribution in [0.3, 0.4) is 0 Å². The molecule has 6 rings (SSSR count). The zero-order chi connectivity index (χ0) is 21.8. The SMILES string of the molecule is C[C@@H]1CC[C@@]2(OC1)O[C@@H]1C[C@@H]3[C@@H]4CC[C@@H]5C[C@@H](I)CC[C@]5(C)[C@@H]4CC(=O)[C@]3(C)[C@@H]1[C@@H]2C. The van der Waals surface area contributed by atoms with Crippen molar-refractivity contribution in [2.45, 2.75) is 101 Å². The number of ketones is 1. The fourth-order valence-corrected chi connectivity index (χ4v) is 10.8. The highest BCUT2D eigenvalue weighted by Gasteiger charge is 2.71. The summed E-state index contributed by atoms with van der Waals surface area (Å²) in [7, 11) is 0. The summed E-state index contributed by atoms with van der Waals surface area (Å²) in [5, 5.41) is 0. The van der Waals surface area contributed by atoms with Crippen LogP contribution in [0, 0.1) is 52.3 Å². The molecule has 6 aliphatic rings. The van der Waals surface area contributed by atoms with Gasteiger partial charge >= 0.3 is 0 Å². The fraction of sp³-hybridized carbons (Fsp3) is 0.963. The Morgan fingerprint density at radius 1 is 1.00 bits per heavy atom. The molecular weight excluding hydrogens is 499 g/mol. The standard InChI is InChI=1S/C27H41IO3/c1-15-7-10-27(30-14-15)16(2)24-22(31-27)12-21-19-6-5-17-11-18(28)8-9-25(17,3)20(19)13-23(29)26(21,24)4/h15-22,24H,5-14H2,1-4H3/t15-,16+,17-,18+,19-,20-,21-,22-,24-,25+,26-,27-/m1/s1. The molecule has 1 spiro atoms. The molecule has 0 unspecified atom stereocenters. The Balaban J connectivity index is 1.30. The first-order chi connectivity index (χ1) is 14.7. The zero-order valence-electron chi connectivity index (χ0n) is 19.9. The Labute approximate surface area is 202 Å². The maximum atomic E-state index is 14.0. The average Bonchev–Trinajstić information content (AvgIpc) is 3.18. The number of fused-ring (bicyclic) bond motifs is 7. The molecule has 2 aliphatic heterocycles. The Morgan fingerprint density at radius 2 is 1.81 bits per heavy atom. The van der Waals surface area contributed by atoms with Crippen molar-refractivity contribution in [3.8, 4) is 0 Å². The molecule has 0 aromatic rings. The van der Waals surface area contributed by atoms with E-state index in [1.54, 1.807) is 0 Å². The van der Waals surface area contributed by atoms with Crippen LogP contribution < -0.4 is 0 Å². The van der Waals surface area contributed by atoms with Gasteiger partial charge in [0, 0.05) is 34.0 Å². The van der Waals surface area contributed by atoms with Crippen LogP contribution in [0.25, 0.3) is 0 Å². The van der Waals surface area contributed by atoms with E-state index >= 15 is 0 Å². The number of hydrogen-bond donors (Lipinski definition) is 0. The van der Waals surface area contributed by atoms with E-state index in [1.807, 2.05) is 0 Å². The number of rotatable bonds is 0. The van der Waals surface area contributed by atoms with Gasteiger partial charge in [-0.2, -0.15) is 0 Å². The van der Waals surface area contributed by atoms with Gasteiger partial charge in [-0.15, -0.1) is 0 Å². The van der Waals surface area contributed by atoms with Crippen molar-refractivity contribution in [2.75, 3.05) is 6.61 Å². The van der Waals surface area contributed by atoms with Crippen LogP contribution in [0.1, 0.15) is 85.5 Å². The molecule has 0 bridgehead atoms. The Morgan fingerprint density at radius 3 is 2.55 bits per heavy atom. The van der Waals surface area contributed by atoms with Gasteiger partial charge in [0.15, 0.2) is 5.79 Å². The molecule has 2 heterocycles. The normalized spacial score (nSPS) is 60.9. The molecule has 0 amide bonds. The minimum absolute atomic E-state index is 0.204. The summed E-state index contributed by atoms with van der Waals surface area (Å²) in [6.07, 6.45) is 11.1. The predicted octanol–water partition coefficient (Wildman–Crippen LogP) is 6.42. The van der Waals surface area contributed by atoms with Gasteiger partial charge in [-0.05, 0) is 80.0 Å². The maximum Gasteiger partial charge on any atom is 0.171 e. The fourth-order valence-electron chi connectivity index (χ4n) is 9.90. The number of carbonyl (C=O) groups is 1. The maximum absolute atomic E-state index is 14.0. The molecule has 4 aliphatic carbocycles. The molecule has 0 N–H and O–H groups in total.